The second-order valence-corrected chi connectivity index (χ2v) is 7.55. The first-order valence-corrected chi connectivity index (χ1v) is 10.3. The lowest BCUT2D eigenvalue weighted by atomic mass is 9.89. The quantitative estimate of drug-likeness (QED) is 0.679. The summed E-state index contributed by atoms with van der Waals surface area (Å²) in [5.41, 5.74) is 3.78. The van der Waals surface area contributed by atoms with Gasteiger partial charge in [0.25, 0.3) is 5.56 Å². The van der Waals surface area contributed by atoms with Crippen LogP contribution >= 0.6 is 0 Å². The number of anilines is 1. The predicted molar refractivity (Wildman–Crippen MR) is 115 cm³/mol. The van der Waals surface area contributed by atoms with Crippen molar-refractivity contribution in [3.8, 4) is 11.3 Å². The lowest BCUT2D eigenvalue weighted by molar-refractivity contribution is -0.119. The van der Waals surface area contributed by atoms with E-state index in [2.05, 4.69) is 10.4 Å². The third kappa shape index (κ3) is 3.90. The number of benzene rings is 2. The van der Waals surface area contributed by atoms with Crippen molar-refractivity contribution in [1.29, 1.82) is 0 Å². The standard InChI is InChI=1S/C24H24FN3O2/c1-2-21(23(29)26-18-14-12-17(25)13-15-18)28-24(30)20-11-7-6-10-19(20)22(27-28)16-8-4-3-5-9-16/h3-5,8-9,12-15,21H,2,6-7,10-11H2,1H3,(H,26,29)/t21-/m1/s1. The van der Waals surface area contributed by atoms with E-state index >= 15 is 0 Å². The van der Waals surface area contributed by atoms with Crippen LogP contribution in [0.4, 0.5) is 10.1 Å². The Morgan fingerprint density at radius 3 is 2.40 bits per heavy atom. The summed E-state index contributed by atoms with van der Waals surface area (Å²) in [6.45, 7) is 1.85. The molecule has 6 heteroatoms. The number of nitrogens with one attached hydrogen (secondary N) is 1. The first-order chi connectivity index (χ1) is 14.6. The van der Waals surface area contributed by atoms with Crippen LogP contribution in [0.1, 0.15) is 43.4 Å². The molecule has 0 saturated heterocycles. The molecule has 1 aromatic heterocycles. The number of fused-ring (bicyclic) bond motifs is 1. The highest BCUT2D eigenvalue weighted by atomic mass is 19.1. The van der Waals surface area contributed by atoms with Gasteiger partial charge in [0.1, 0.15) is 11.9 Å². The normalized spacial score (nSPS) is 14.1. The number of amides is 1. The fraction of sp³-hybridized carbons (Fsp3) is 0.292. The van der Waals surface area contributed by atoms with Crippen LogP contribution < -0.4 is 10.9 Å². The van der Waals surface area contributed by atoms with Crippen molar-refractivity contribution in [3.05, 3.63) is 81.9 Å². The molecule has 0 unspecified atom stereocenters. The van der Waals surface area contributed by atoms with E-state index in [-0.39, 0.29) is 17.3 Å². The molecule has 0 fully saturated rings. The maximum Gasteiger partial charge on any atom is 0.271 e. The van der Waals surface area contributed by atoms with Crippen molar-refractivity contribution in [1.82, 2.24) is 9.78 Å². The van der Waals surface area contributed by atoms with Gasteiger partial charge in [-0.2, -0.15) is 5.10 Å². The van der Waals surface area contributed by atoms with Crippen molar-refractivity contribution in [3.63, 3.8) is 0 Å². The molecule has 5 nitrogen and oxygen atoms in total. The lowest BCUT2D eigenvalue weighted by Crippen LogP contribution is -2.38. The average Bonchev–Trinajstić information content (AvgIpc) is 2.78. The number of carbonyl (C=O) groups is 1. The maximum atomic E-state index is 13.3. The number of aromatic nitrogens is 2. The largest absolute Gasteiger partial charge is 0.324 e. The summed E-state index contributed by atoms with van der Waals surface area (Å²) < 4.78 is 14.5. The highest BCUT2D eigenvalue weighted by molar-refractivity contribution is 5.93. The van der Waals surface area contributed by atoms with Crippen molar-refractivity contribution >= 4 is 11.6 Å². The molecule has 154 valence electrons. The van der Waals surface area contributed by atoms with E-state index < -0.39 is 6.04 Å². The van der Waals surface area contributed by atoms with Crippen molar-refractivity contribution in [2.75, 3.05) is 5.32 Å². The minimum Gasteiger partial charge on any atom is -0.324 e. The smallest absolute Gasteiger partial charge is 0.271 e. The molecule has 0 saturated carbocycles. The summed E-state index contributed by atoms with van der Waals surface area (Å²) in [5.74, 6) is -0.714. The Morgan fingerprint density at radius 2 is 1.73 bits per heavy atom. The minimum atomic E-state index is -0.753. The number of rotatable bonds is 5. The Morgan fingerprint density at radius 1 is 1.07 bits per heavy atom. The number of hydrogen-bond acceptors (Lipinski definition) is 3. The fourth-order valence-corrected chi connectivity index (χ4v) is 4.02. The second-order valence-electron chi connectivity index (χ2n) is 7.55. The van der Waals surface area contributed by atoms with Crippen LogP contribution in [-0.2, 0) is 17.6 Å². The minimum absolute atomic E-state index is 0.189. The summed E-state index contributed by atoms with van der Waals surface area (Å²) >= 11 is 0. The van der Waals surface area contributed by atoms with Crippen LogP contribution in [0.2, 0.25) is 0 Å². The SMILES string of the molecule is CC[C@H](C(=O)Nc1ccc(F)cc1)n1nc(-c2ccccc2)c2c(c1=O)CCCC2. The van der Waals surface area contributed by atoms with E-state index in [1.54, 1.807) is 0 Å². The van der Waals surface area contributed by atoms with Crippen LogP contribution in [-0.4, -0.2) is 15.7 Å². The zero-order chi connectivity index (χ0) is 21.1. The van der Waals surface area contributed by atoms with Gasteiger partial charge in [0.05, 0.1) is 5.69 Å². The highest BCUT2D eigenvalue weighted by Gasteiger charge is 2.27. The Labute approximate surface area is 174 Å². The Hall–Kier alpha value is -3.28. The van der Waals surface area contributed by atoms with Crippen LogP contribution in [0.15, 0.2) is 59.4 Å². The molecule has 2 aromatic carbocycles. The third-order valence-electron chi connectivity index (χ3n) is 5.57. The van der Waals surface area contributed by atoms with E-state index in [0.29, 0.717) is 18.5 Å². The number of halogens is 1. The topological polar surface area (TPSA) is 64.0 Å². The first kappa shape index (κ1) is 20.0. The molecule has 1 amide bonds. The van der Waals surface area contributed by atoms with Gasteiger partial charge in [-0.1, -0.05) is 37.3 Å². The van der Waals surface area contributed by atoms with E-state index in [4.69, 9.17) is 0 Å². The van der Waals surface area contributed by atoms with Crippen molar-refractivity contribution in [2.24, 2.45) is 0 Å². The predicted octanol–water partition coefficient (Wildman–Crippen LogP) is 4.52. The van der Waals surface area contributed by atoms with Gasteiger partial charge in [0.15, 0.2) is 0 Å². The zero-order valence-corrected chi connectivity index (χ0v) is 16.9. The molecular formula is C24H24FN3O2. The molecule has 1 atom stereocenters. The highest BCUT2D eigenvalue weighted by Crippen LogP contribution is 2.29. The van der Waals surface area contributed by atoms with Gasteiger partial charge in [-0.3, -0.25) is 9.59 Å². The number of carbonyl (C=O) groups excluding carboxylic acids is 1. The fourth-order valence-electron chi connectivity index (χ4n) is 4.02. The summed E-state index contributed by atoms with van der Waals surface area (Å²) in [6, 6.07) is 14.6. The third-order valence-corrected chi connectivity index (χ3v) is 5.57. The van der Waals surface area contributed by atoms with Gasteiger partial charge < -0.3 is 5.32 Å². The molecule has 3 aromatic rings. The molecular weight excluding hydrogens is 381 g/mol. The van der Waals surface area contributed by atoms with Gasteiger partial charge >= 0.3 is 0 Å². The maximum absolute atomic E-state index is 13.3. The first-order valence-electron chi connectivity index (χ1n) is 10.3. The average molecular weight is 405 g/mol. The molecule has 4 rings (SSSR count). The zero-order valence-electron chi connectivity index (χ0n) is 16.9. The number of hydrogen-bond donors (Lipinski definition) is 1. The van der Waals surface area contributed by atoms with Crippen molar-refractivity contribution in [2.45, 2.75) is 45.1 Å². The molecule has 1 heterocycles. The Bertz CT molecular complexity index is 1110. The molecule has 1 aliphatic carbocycles. The summed E-state index contributed by atoms with van der Waals surface area (Å²) in [7, 11) is 0. The van der Waals surface area contributed by atoms with Crippen LogP contribution in [0, 0.1) is 5.82 Å². The molecule has 0 aliphatic heterocycles. The van der Waals surface area contributed by atoms with Gasteiger partial charge in [-0.25, -0.2) is 9.07 Å². The molecule has 0 spiro atoms. The monoisotopic (exact) mass is 405 g/mol. The van der Waals surface area contributed by atoms with Crippen molar-refractivity contribution < 1.29 is 9.18 Å². The van der Waals surface area contributed by atoms with Gasteiger partial charge in [0, 0.05) is 16.8 Å². The lowest BCUT2D eigenvalue weighted by Gasteiger charge is -2.23. The van der Waals surface area contributed by atoms with Gasteiger partial charge in [0.2, 0.25) is 5.91 Å². The molecule has 0 radical (unpaired) electrons. The van der Waals surface area contributed by atoms with E-state index in [1.165, 1.54) is 28.9 Å². The van der Waals surface area contributed by atoms with E-state index in [9.17, 15) is 14.0 Å². The summed E-state index contributed by atoms with van der Waals surface area (Å²) in [5, 5.41) is 7.47. The summed E-state index contributed by atoms with van der Waals surface area (Å²) in [4.78, 5) is 26.3. The van der Waals surface area contributed by atoms with Crippen LogP contribution in [0.3, 0.4) is 0 Å². The van der Waals surface area contributed by atoms with Crippen LogP contribution in [0.5, 0.6) is 0 Å². The summed E-state index contributed by atoms with van der Waals surface area (Å²) in [6.07, 6.45) is 3.92. The van der Waals surface area contributed by atoms with Gasteiger partial charge in [-0.15, -0.1) is 0 Å². The molecule has 1 N–H and O–H groups in total. The van der Waals surface area contributed by atoms with E-state index in [0.717, 1.165) is 41.6 Å². The van der Waals surface area contributed by atoms with Gasteiger partial charge in [-0.05, 0) is 61.9 Å². The molecule has 0 bridgehead atoms. The molecule has 30 heavy (non-hydrogen) atoms. The Balaban J connectivity index is 1.77. The van der Waals surface area contributed by atoms with E-state index in [1.807, 2.05) is 37.3 Å². The van der Waals surface area contributed by atoms with Crippen LogP contribution in [0.25, 0.3) is 11.3 Å². The Kier molecular flexibility index (Phi) is 5.74. The number of nitrogens with zero attached hydrogens (tertiary/aromatic N) is 2. The second kappa shape index (κ2) is 8.61. The molecule has 1 aliphatic rings.